The van der Waals surface area contributed by atoms with Crippen LogP contribution in [0, 0.1) is 6.92 Å². The number of amides is 1. The van der Waals surface area contributed by atoms with Gasteiger partial charge >= 0.3 is 0 Å². The highest BCUT2D eigenvalue weighted by molar-refractivity contribution is 6.30. The van der Waals surface area contributed by atoms with E-state index in [-0.39, 0.29) is 11.9 Å². The molecule has 0 spiro atoms. The normalized spacial score (nSPS) is 16.6. The summed E-state index contributed by atoms with van der Waals surface area (Å²) in [6.07, 6.45) is 0.337. The Morgan fingerprint density at radius 2 is 1.92 bits per heavy atom. The molecule has 0 aliphatic carbocycles. The van der Waals surface area contributed by atoms with E-state index < -0.39 is 0 Å². The number of nitrogens with one attached hydrogen (secondary N) is 1. The second-order valence-electron chi connectivity index (χ2n) is 6.22. The molecule has 1 fully saturated rings. The van der Waals surface area contributed by atoms with Crippen molar-refractivity contribution in [3.8, 4) is 0 Å². The summed E-state index contributed by atoms with van der Waals surface area (Å²) in [4.78, 5) is 14.6. The van der Waals surface area contributed by atoms with Crippen molar-refractivity contribution in [2.75, 3.05) is 32.8 Å². The van der Waals surface area contributed by atoms with E-state index in [4.69, 9.17) is 20.8 Å². The fourth-order valence-electron chi connectivity index (χ4n) is 2.99. The van der Waals surface area contributed by atoms with Gasteiger partial charge in [-0.3, -0.25) is 9.69 Å². The van der Waals surface area contributed by atoms with Crippen molar-refractivity contribution < 1.29 is 13.9 Å². The third-order valence-electron chi connectivity index (χ3n) is 4.35. The number of carbonyl (C=O) groups is 1. The smallest absolute Gasteiger partial charge is 0.224 e. The fraction of sp³-hybridized carbons (Fsp3) is 0.421. The molecule has 1 aromatic carbocycles. The van der Waals surface area contributed by atoms with Crippen LogP contribution >= 0.6 is 11.6 Å². The minimum Gasteiger partial charge on any atom is -0.465 e. The molecule has 1 unspecified atom stereocenters. The van der Waals surface area contributed by atoms with Crippen molar-refractivity contribution in [2.24, 2.45) is 0 Å². The maximum atomic E-state index is 12.3. The van der Waals surface area contributed by atoms with Gasteiger partial charge in [-0.1, -0.05) is 23.7 Å². The summed E-state index contributed by atoms with van der Waals surface area (Å²) in [5.74, 6) is 1.75. The largest absolute Gasteiger partial charge is 0.465 e. The molecule has 3 rings (SSSR count). The molecule has 0 bridgehead atoms. The van der Waals surface area contributed by atoms with Crippen molar-refractivity contribution in [3.63, 3.8) is 0 Å². The van der Waals surface area contributed by atoms with Gasteiger partial charge < -0.3 is 14.5 Å². The number of rotatable bonds is 6. The van der Waals surface area contributed by atoms with Crippen LogP contribution in [0.15, 0.2) is 40.8 Å². The van der Waals surface area contributed by atoms with Crippen LogP contribution in [0.1, 0.15) is 23.1 Å². The SMILES string of the molecule is Cc1ccc(C(CNC(=O)Cc2ccc(Cl)cc2)N2CCOCC2)o1. The van der Waals surface area contributed by atoms with Gasteiger partial charge in [0.05, 0.1) is 25.7 Å². The summed E-state index contributed by atoms with van der Waals surface area (Å²) < 4.78 is 11.2. The molecule has 134 valence electrons. The van der Waals surface area contributed by atoms with Gasteiger partial charge in [-0.2, -0.15) is 0 Å². The van der Waals surface area contributed by atoms with Crippen molar-refractivity contribution in [1.29, 1.82) is 0 Å². The highest BCUT2D eigenvalue weighted by atomic mass is 35.5. The number of furan rings is 1. The van der Waals surface area contributed by atoms with Gasteiger partial charge in [0, 0.05) is 24.7 Å². The van der Waals surface area contributed by atoms with Crippen LogP contribution in [-0.2, 0) is 16.0 Å². The molecule has 1 aromatic heterocycles. The zero-order valence-electron chi connectivity index (χ0n) is 14.3. The molecular weight excluding hydrogens is 340 g/mol. The highest BCUT2D eigenvalue weighted by Crippen LogP contribution is 2.23. The zero-order chi connectivity index (χ0) is 17.6. The Morgan fingerprint density at radius 1 is 1.20 bits per heavy atom. The summed E-state index contributed by atoms with van der Waals surface area (Å²) in [5.41, 5.74) is 0.943. The number of nitrogens with zero attached hydrogens (tertiary/aromatic N) is 1. The van der Waals surface area contributed by atoms with Gasteiger partial charge in [-0.05, 0) is 36.8 Å². The van der Waals surface area contributed by atoms with Crippen molar-refractivity contribution in [2.45, 2.75) is 19.4 Å². The molecule has 1 atom stereocenters. The highest BCUT2D eigenvalue weighted by Gasteiger charge is 2.25. The number of morpholine rings is 1. The number of ether oxygens (including phenoxy) is 1. The number of hydrogen-bond acceptors (Lipinski definition) is 4. The lowest BCUT2D eigenvalue weighted by Crippen LogP contribution is -2.43. The van der Waals surface area contributed by atoms with Crippen molar-refractivity contribution >= 4 is 17.5 Å². The van der Waals surface area contributed by atoms with Gasteiger partial charge in [-0.15, -0.1) is 0 Å². The van der Waals surface area contributed by atoms with Crippen LogP contribution in [0.5, 0.6) is 0 Å². The number of carbonyl (C=O) groups excluding carboxylic acids is 1. The molecule has 25 heavy (non-hydrogen) atoms. The molecule has 1 amide bonds. The molecule has 6 heteroatoms. The number of benzene rings is 1. The van der Waals surface area contributed by atoms with Crippen molar-refractivity contribution in [3.05, 3.63) is 58.5 Å². The van der Waals surface area contributed by atoms with Gasteiger partial charge in [0.15, 0.2) is 0 Å². The van der Waals surface area contributed by atoms with Crippen LogP contribution in [0.25, 0.3) is 0 Å². The van der Waals surface area contributed by atoms with Crippen LogP contribution in [0.3, 0.4) is 0 Å². The van der Waals surface area contributed by atoms with E-state index in [0.717, 1.165) is 30.2 Å². The number of halogens is 1. The van der Waals surface area contributed by atoms with E-state index in [1.54, 1.807) is 12.1 Å². The monoisotopic (exact) mass is 362 g/mol. The van der Waals surface area contributed by atoms with Crippen LogP contribution < -0.4 is 5.32 Å². The second kappa shape index (κ2) is 8.52. The van der Waals surface area contributed by atoms with E-state index in [9.17, 15) is 4.79 Å². The Hall–Kier alpha value is -1.82. The molecular formula is C19H23ClN2O3. The van der Waals surface area contributed by atoms with E-state index in [0.29, 0.717) is 31.2 Å². The molecule has 0 radical (unpaired) electrons. The third-order valence-corrected chi connectivity index (χ3v) is 4.60. The lowest BCUT2D eigenvalue weighted by Gasteiger charge is -2.33. The van der Waals surface area contributed by atoms with Gasteiger partial charge in [0.25, 0.3) is 0 Å². The zero-order valence-corrected chi connectivity index (χ0v) is 15.1. The summed E-state index contributed by atoms with van der Waals surface area (Å²) in [5, 5.41) is 3.71. The number of aryl methyl sites for hydroxylation is 1. The predicted octanol–water partition coefficient (Wildman–Crippen LogP) is 2.97. The molecule has 1 saturated heterocycles. The topological polar surface area (TPSA) is 54.7 Å². The lowest BCUT2D eigenvalue weighted by molar-refractivity contribution is -0.120. The summed E-state index contributed by atoms with van der Waals surface area (Å²) in [7, 11) is 0. The predicted molar refractivity (Wildman–Crippen MR) is 96.7 cm³/mol. The molecule has 1 aliphatic heterocycles. The van der Waals surface area contributed by atoms with Gasteiger partial charge in [-0.25, -0.2) is 0 Å². The lowest BCUT2D eigenvalue weighted by atomic mass is 10.1. The quantitative estimate of drug-likeness (QED) is 0.858. The van der Waals surface area contributed by atoms with Crippen LogP contribution in [0.2, 0.25) is 5.02 Å². The first kappa shape index (κ1) is 18.0. The summed E-state index contributed by atoms with van der Waals surface area (Å²) in [6, 6.07) is 11.3. The molecule has 1 aliphatic rings. The Balaban J connectivity index is 1.61. The first-order valence-electron chi connectivity index (χ1n) is 8.51. The first-order valence-corrected chi connectivity index (χ1v) is 8.89. The summed E-state index contributed by atoms with van der Waals surface area (Å²) in [6.45, 7) is 5.51. The first-order chi connectivity index (χ1) is 12.1. The number of hydrogen-bond donors (Lipinski definition) is 1. The van der Waals surface area contributed by atoms with Crippen molar-refractivity contribution in [1.82, 2.24) is 10.2 Å². The third kappa shape index (κ3) is 5.08. The Morgan fingerprint density at radius 3 is 2.56 bits per heavy atom. The second-order valence-corrected chi connectivity index (χ2v) is 6.66. The minimum atomic E-state index is -0.0103. The van der Waals surface area contributed by atoms with Crippen LogP contribution in [-0.4, -0.2) is 43.7 Å². The van der Waals surface area contributed by atoms with E-state index in [1.165, 1.54) is 0 Å². The van der Waals surface area contributed by atoms with Crippen LogP contribution in [0.4, 0.5) is 0 Å². The average molecular weight is 363 g/mol. The van der Waals surface area contributed by atoms with Gasteiger partial charge in [0.1, 0.15) is 11.5 Å². The molecule has 5 nitrogen and oxygen atoms in total. The van der Waals surface area contributed by atoms with E-state index in [2.05, 4.69) is 10.2 Å². The summed E-state index contributed by atoms with van der Waals surface area (Å²) >= 11 is 5.88. The Bertz CT molecular complexity index is 693. The Labute approximate surface area is 152 Å². The molecule has 2 aromatic rings. The molecule has 0 saturated carbocycles. The molecule has 2 heterocycles. The Kier molecular flexibility index (Phi) is 6.13. The average Bonchev–Trinajstić information content (AvgIpc) is 3.04. The van der Waals surface area contributed by atoms with E-state index in [1.807, 2.05) is 31.2 Å². The molecule has 1 N–H and O–H groups in total. The minimum absolute atomic E-state index is 0.0103. The van der Waals surface area contributed by atoms with Gasteiger partial charge in [0.2, 0.25) is 5.91 Å². The fourth-order valence-corrected chi connectivity index (χ4v) is 3.12. The maximum Gasteiger partial charge on any atom is 0.224 e. The van der Waals surface area contributed by atoms with E-state index >= 15 is 0 Å². The maximum absolute atomic E-state index is 12.3. The standard InChI is InChI=1S/C19H23ClN2O3/c1-14-2-7-18(25-14)17(22-8-10-24-11-9-22)13-21-19(23)12-15-3-5-16(20)6-4-15/h2-7,17H,8-13H2,1H3,(H,21,23).